The first-order chi connectivity index (χ1) is 16.1. The maximum Gasteiger partial charge on any atom is 0.161 e. The number of halogens is 2. The molecule has 33 heavy (non-hydrogen) atoms. The van der Waals surface area contributed by atoms with Crippen molar-refractivity contribution >= 4 is 33.9 Å². The van der Waals surface area contributed by atoms with Gasteiger partial charge in [-0.2, -0.15) is 0 Å². The number of hydrogen-bond donors (Lipinski definition) is 3. The minimum Gasteiger partial charge on any atom is -0.493 e. The molecule has 0 spiro atoms. The van der Waals surface area contributed by atoms with Gasteiger partial charge < -0.3 is 19.5 Å². The Morgan fingerprint density at radius 3 is 2.76 bits per heavy atom. The molecule has 2 aliphatic heterocycles. The third-order valence-corrected chi connectivity index (χ3v) is 6.21. The maximum absolute atomic E-state index is 13.5. The van der Waals surface area contributed by atoms with Crippen molar-refractivity contribution in [2.75, 3.05) is 51.9 Å². The highest BCUT2D eigenvalue weighted by atomic mass is 35.5. The molecule has 0 aromatic heterocycles. The lowest BCUT2D eigenvalue weighted by atomic mass is 10.2. The zero-order valence-electron chi connectivity index (χ0n) is 18.3. The number of anilines is 2. The number of H-pyrrole nitrogens is 2. The third-order valence-electron chi connectivity index (χ3n) is 5.93. The van der Waals surface area contributed by atoms with Crippen LogP contribution in [0.25, 0.3) is 22.0 Å². The summed E-state index contributed by atoms with van der Waals surface area (Å²) in [5, 5.41) is 11.7. The Morgan fingerprint density at radius 1 is 1.12 bits per heavy atom. The van der Waals surface area contributed by atoms with E-state index < -0.39 is 5.82 Å². The van der Waals surface area contributed by atoms with Crippen LogP contribution in [0.5, 0.6) is 11.5 Å². The van der Waals surface area contributed by atoms with Gasteiger partial charge in [-0.3, -0.25) is 15.1 Å². The van der Waals surface area contributed by atoms with Crippen LogP contribution in [0.2, 0.25) is 5.02 Å². The van der Waals surface area contributed by atoms with E-state index in [1.54, 1.807) is 19.2 Å². The smallest absolute Gasteiger partial charge is 0.161 e. The van der Waals surface area contributed by atoms with E-state index in [4.69, 9.17) is 25.8 Å². The first-order valence-corrected chi connectivity index (χ1v) is 11.4. The molecule has 3 N–H and O–H groups in total. The molecule has 5 rings (SSSR count). The zero-order chi connectivity index (χ0) is 22.8. The van der Waals surface area contributed by atoms with Crippen molar-refractivity contribution in [2.45, 2.75) is 6.42 Å². The molecule has 1 aliphatic carbocycles. The second-order valence-electron chi connectivity index (χ2n) is 8.06. The number of rotatable bonds is 8. The number of ether oxygens (including phenoxy) is 3. The zero-order valence-corrected chi connectivity index (χ0v) is 19.1. The Labute approximate surface area is 196 Å². The molecule has 1 fully saturated rings. The molecule has 0 atom stereocenters. The van der Waals surface area contributed by atoms with Crippen LogP contribution in [-0.4, -0.2) is 61.7 Å². The lowest BCUT2D eigenvalue weighted by molar-refractivity contribution is 0.0357. The highest BCUT2D eigenvalue weighted by Crippen LogP contribution is 2.43. The highest BCUT2D eigenvalue weighted by Gasteiger charge is 2.20. The minimum absolute atomic E-state index is 0.0691. The number of aromatic amines is 2. The fraction of sp³-hybridized carbons (Fsp3) is 0.333. The molecule has 2 heterocycles. The van der Waals surface area contributed by atoms with Crippen molar-refractivity contribution in [1.29, 1.82) is 0 Å². The van der Waals surface area contributed by atoms with E-state index in [2.05, 4.69) is 26.5 Å². The molecule has 2 aromatic rings. The van der Waals surface area contributed by atoms with Gasteiger partial charge in [0.05, 0.1) is 37.6 Å². The van der Waals surface area contributed by atoms with E-state index >= 15 is 0 Å². The van der Waals surface area contributed by atoms with Crippen LogP contribution < -0.4 is 14.8 Å². The summed E-state index contributed by atoms with van der Waals surface area (Å²) in [6.07, 6.45) is 0.937. The van der Waals surface area contributed by atoms with E-state index in [1.807, 2.05) is 12.1 Å². The predicted molar refractivity (Wildman–Crippen MR) is 128 cm³/mol. The van der Waals surface area contributed by atoms with Gasteiger partial charge in [0.25, 0.3) is 0 Å². The molecule has 7 nitrogen and oxygen atoms in total. The number of morpholine rings is 1. The summed E-state index contributed by atoms with van der Waals surface area (Å²) in [6.45, 7) is 5.17. The summed E-state index contributed by atoms with van der Waals surface area (Å²) in [4.78, 5) is 2.40. The first kappa shape index (κ1) is 21.9. The fourth-order valence-corrected chi connectivity index (χ4v) is 4.37. The Hall–Kier alpha value is -2.94. The van der Waals surface area contributed by atoms with Gasteiger partial charge >= 0.3 is 0 Å². The standard InChI is InChI=1S/C24H26ClFN4O3/c1-31-21-14-17-15(12-22(21)33-8-2-5-30-6-9-32-10-7-30)11-18-23(17)28-29-24(18)27-16-3-4-20(26)19(25)13-16/h3-4,11-14,27-29H,2,5-10H2,1H3. The summed E-state index contributed by atoms with van der Waals surface area (Å²) >= 11 is 5.91. The largest absolute Gasteiger partial charge is 0.493 e. The average Bonchev–Trinajstić information content (AvgIpc) is 3.38. The van der Waals surface area contributed by atoms with Gasteiger partial charge in [0, 0.05) is 36.3 Å². The van der Waals surface area contributed by atoms with E-state index in [-0.39, 0.29) is 5.02 Å². The molecule has 174 valence electrons. The molecular formula is C24H26ClFN4O3. The van der Waals surface area contributed by atoms with Gasteiger partial charge in [-0.25, -0.2) is 4.39 Å². The van der Waals surface area contributed by atoms with Crippen molar-refractivity contribution in [2.24, 2.45) is 0 Å². The minimum atomic E-state index is -0.450. The summed E-state index contributed by atoms with van der Waals surface area (Å²) in [6, 6.07) is 10.6. The van der Waals surface area contributed by atoms with E-state index in [0.717, 1.165) is 72.9 Å². The van der Waals surface area contributed by atoms with E-state index in [1.165, 1.54) is 6.07 Å². The number of fused-ring (bicyclic) bond motifs is 3. The summed E-state index contributed by atoms with van der Waals surface area (Å²) in [5.41, 5.74) is 2.60. The number of methoxy groups -OCH3 is 1. The van der Waals surface area contributed by atoms with Crippen LogP contribution in [0.15, 0.2) is 36.4 Å². The van der Waals surface area contributed by atoms with Crippen LogP contribution in [0.3, 0.4) is 0 Å². The second-order valence-corrected chi connectivity index (χ2v) is 8.47. The quantitative estimate of drug-likeness (QED) is 0.305. The molecule has 0 bridgehead atoms. The van der Waals surface area contributed by atoms with E-state index in [0.29, 0.717) is 18.0 Å². The Bertz CT molecular complexity index is 1220. The molecule has 0 saturated carbocycles. The van der Waals surface area contributed by atoms with Gasteiger partial charge in [0.1, 0.15) is 11.6 Å². The van der Waals surface area contributed by atoms with Crippen molar-refractivity contribution in [3.63, 3.8) is 0 Å². The SMILES string of the molecule is COc1cc2c3[nH][nH]c(Nc4ccc(F)c(Cl)c4)c-3cc2cc1OCCCN1CCOCC1. The van der Waals surface area contributed by atoms with Crippen LogP contribution in [0, 0.1) is 5.82 Å². The van der Waals surface area contributed by atoms with Crippen LogP contribution >= 0.6 is 11.6 Å². The van der Waals surface area contributed by atoms with E-state index in [9.17, 15) is 4.39 Å². The van der Waals surface area contributed by atoms with Crippen molar-refractivity contribution in [3.05, 3.63) is 47.2 Å². The van der Waals surface area contributed by atoms with Gasteiger partial charge in [-0.15, -0.1) is 0 Å². The predicted octanol–water partition coefficient (Wildman–Crippen LogP) is 5.25. The van der Waals surface area contributed by atoms with Gasteiger partial charge in [0.2, 0.25) is 0 Å². The maximum atomic E-state index is 13.5. The van der Waals surface area contributed by atoms with Crippen LogP contribution in [0.4, 0.5) is 15.9 Å². The van der Waals surface area contributed by atoms with Crippen molar-refractivity contribution < 1.29 is 18.6 Å². The molecule has 3 aliphatic rings. The van der Waals surface area contributed by atoms with Gasteiger partial charge in [-0.05, 0) is 48.2 Å². The summed E-state index contributed by atoms with van der Waals surface area (Å²) in [5.74, 6) is 1.73. The Kier molecular flexibility index (Phi) is 6.30. The highest BCUT2D eigenvalue weighted by molar-refractivity contribution is 6.31. The molecule has 0 radical (unpaired) electrons. The molecule has 9 heteroatoms. The lowest BCUT2D eigenvalue weighted by Gasteiger charge is -2.26. The molecular weight excluding hydrogens is 447 g/mol. The number of benzene rings is 2. The molecule has 1 saturated heterocycles. The Morgan fingerprint density at radius 2 is 1.97 bits per heavy atom. The van der Waals surface area contributed by atoms with Crippen LogP contribution in [0.1, 0.15) is 6.42 Å². The van der Waals surface area contributed by atoms with Crippen molar-refractivity contribution in [1.82, 2.24) is 15.1 Å². The number of aromatic nitrogens is 2. The van der Waals surface area contributed by atoms with Crippen LogP contribution in [-0.2, 0) is 4.74 Å². The normalized spacial score (nSPS) is 14.8. The molecule has 0 amide bonds. The summed E-state index contributed by atoms with van der Waals surface area (Å²) in [7, 11) is 1.65. The first-order valence-electron chi connectivity index (χ1n) is 11.0. The topological polar surface area (TPSA) is 74.5 Å². The molecule has 0 unspecified atom stereocenters. The van der Waals surface area contributed by atoms with Gasteiger partial charge in [-0.1, -0.05) is 11.6 Å². The van der Waals surface area contributed by atoms with Gasteiger partial charge in [0.15, 0.2) is 11.5 Å². The average molecular weight is 473 g/mol. The molecule has 2 aromatic carbocycles. The number of nitrogens with one attached hydrogen (secondary N) is 3. The number of nitrogens with zero attached hydrogens (tertiary/aromatic N) is 1. The lowest BCUT2D eigenvalue weighted by Crippen LogP contribution is -2.37. The monoisotopic (exact) mass is 472 g/mol. The fourth-order valence-electron chi connectivity index (χ4n) is 4.19. The second kappa shape index (κ2) is 9.51. The third kappa shape index (κ3) is 4.59. The number of hydrogen-bond acceptors (Lipinski definition) is 5. The summed E-state index contributed by atoms with van der Waals surface area (Å²) < 4.78 is 30.6. The van der Waals surface area contributed by atoms with Crippen molar-refractivity contribution in [3.8, 4) is 22.8 Å². The Balaban J connectivity index is 1.33.